The summed E-state index contributed by atoms with van der Waals surface area (Å²) in [7, 11) is 4.20. The second-order valence-electron chi connectivity index (χ2n) is 3.24. The summed E-state index contributed by atoms with van der Waals surface area (Å²) < 4.78 is 19.7. The van der Waals surface area contributed by atoms with Crippen molar-refractivity contribution < 1.29 is 28.5 Å². The summed E-state index contributed by atoms with van der Waals surface area (Å²) in [6.07, 6.45) is 0. The number of benzene rings is 1. The number of fused-ring (bicyclic) bond motifs is 1. The number of hydrogen-bond acceptors (Lipinski definition) is 6. The molecule has 0 saturated heterocycles. The van der Waals surface area contributed by atoms with Crippen LogP contribution in [0, 0.1) is 0 Å². The largest absolute Gasteiger partial charge is 0.493 e. The zero-order valence-corrected chi connectivity index (χ0v) is 9.53. The van der Waals surface area contributed by atoms with Crippen molar-refractivity contribution >= 4 is 11.9 Å². The van der Waals surface area contributed by atoms with E-state index in [1.807, 2.05) is 0 Å². The van der Waals surface area contributed by atoms with Crippen LogP contribution in [0.25, 0.3) is 0 Å². The first kappa shape index (κ1) is 11.3. The zero-order chi connectivity index (χ0) is 12.6. The Bertz CT molecular complexity index is 505. The first-order chi connectivity index (χ1) is 8.13. The van der Waals surface area contributed by atoms with Crippen LogP contribution in [0.3, 0.4) is 0 Å². The molecular formula is C11H10O6. The monoisotopic (exact) mass is 238 g/mol. The number of rotatable bonds is 3. The Hall–Kier alpha value is -2.24. The maximum absolute atomic E-state index is 11.5. The fraction of sp³-hybridized carbons (Fsp3) is 0.273. The van der Waals surface area contributed by atoms with Gasteiger partial charge in [-0.1, -0.05) is 0 Å². The Labute approximate surface area is 97.0 Å². The van der Waals surface area contributed by atoms with Crippen LogP contribution in [0.15, 0.2) is 6.07 Å². The molecule has 0 radical (unpaired) electrons. The third-order valence-corrected chi connectivity index (χ3v) is 2.44. The second kappa shape index (κ2) is 3.97. The molecule has 0 N–H and O–H groups in total. The third-order valence-electron chi connectivity index (χ3n) is 2.44. The standard InChI is InChI=1S/C11H10O6/c1-14-6-4-5-7(11(13)17-10(5)12)9(16-3)8(6)15-2/h4H,1-3H3. The van der Waals surface area contributed by atoms with Gasteiger partial charge < -0.3 is 18.9 Å². The summed E-state index contributed by atoms with van der Waals surface area (Å²) in [4.78, 5) is 22.9. The first-order valence-electron chi connectivity index (χ1n) is 4.73. The fourth-order valence-corrected chi connectivity index (χ4v) is 1.71. The summed E-state index contributed by atoms with van der Waals surface area (Å²) in [5, 5.41) is 0. The average molecular weight is 238 g/mol. The molecule has 0 bridgehead atoms. The van der Waals surface area contributed by atoms with Crippen LogP contribution in [0.2, 0.25) is 0 Å². The Balaban J connectivity index is 2.78. The van der Waals surface area contributed by atoms with Crippen molar-refractivity contribution in [3.05, 3.63) is 17.2 Å². The van der Waals surface area contributed by atoms with E-state index >= 15 is 0 Å². The first-order valence-corrected chi connectivity index (χ1v) is 4.73. The molecule has 0 aromatic heterocycles. The molecule has 0 saturated carbocycles. The minimum atomic E-state index is -0.747. The van der Waals surface area contributed by atoms with Gasteiger partial charge in [0.25, 0.3) is 0 Å². The number of ether oxygens (including phenoxy) is 4. The van der Waals surface area contributed by atoms with E-state index in [1.54, 1.807) is 0 Å². The highest BCUT2D eigenvalue weighted by Crippen LogP contribution is 2.44. The number of carbonyl (C=O) groups is 2. The summed E-state index contributed by atoms with van der Waals surface area (Å²) >= 11 is 0. The minimum absolute atomic E-state index is 0.0650. The maximum atomic E-state index is 11.5. The lowest BCUT2D eigenvalue weighted by atomic mass is 10.1. The fourth-order valence-electron chi connectivity index (χ4n) is 1.71. The van der Waals surface area contributed by atoms with Gasteiger partial charge in [0.1, 0.15) is 5.56 Å². The lowest BCUT2D eigenvalue weighted by molar-refractivity contribution is 0.0442. The van der Waals surface area contributed by atoms with Crippen LogP contribution < -0.4 is 14.2 Å². The molecule has 1 aromatic carbocycles. The number of cyclic esters (lactones) is 2. The van der Waals surface area contributed by atoms with Crippen molar-refractivity contribution in [2.75, 3.05) is 21.3 Å². The van der Waals surface area contributed by atoms with E-state index in [0.717, 1.165) is 0 Å². The molecule has 0 aliphatic carbocycles. The molecule has 0 spiro atoms. The molecule has 6 heteroatoms. The molecule has 0 atom stereocenters. The number of hydrogen-bond donors (Lipinski definition) is 0. The van der Waals surface area contributed by atoms with Crippen LogP contribution in [-0.4, -0.2) is 33.3 Å². The van der Waals surface area contributed by atoms with Gasteiger partial charge in [0, 0.05) is 0 Å². The Morgan fingerprint density at radius 1 is 0.941 bits per heavy atom. The molecule has 90 valence electrons. The van der Waals surface area contributed by atoms with Gasteiger partial charge in [-0.3, -0.25) is 0 Å². The molecule has 0 amide bonds. The van der Waals surface area contributed by atoms with E-state index in [1.165, 1.54) is 27.4 Å². The van der Waals surface area contributed by atoms with E-state index in [4.69, 9.17) is 14.2 Å². The zero-order valence-electron chi connectivity index (χ0n) is 9.53. The van der Waals surface area contributed by atoms with Crippen LogP contribution in [0.4, 0.5) is 0 Å². The van der Waals surface area contributed by atoms with Crippen molar-refractivity contribution in [3.8, 4) is 17.2 Å². The molecule has 1 heterocycles. The predicted molar refractivity (Wildman–Crippen MR) is 55.8 cm³/mol. The summed E-state index contributed by atoms with van der Waals surface area (Å²) in [5.41, 5.74) is 0.180. The van der Waals surface area contributed by atoms with E-state index in [0.29, 0.717) is 5.75 Å². The van der Waals surface area contributed by atoms with Crippen molar-refractivity contribution in [2.24, 2.45) is 0 Å². The van der Waals surface area contributed by atoms with Gasteiger partial charge in [-0.05, 0) is 6.07 Å². The molecule has 6 nitrogen and oxygen atoms in total. The quantitative estimate of drug-likeness (QED) is 0.578. The van der Waals surface area contributed by atoms with Gasteiger partial charge in [0.2, 0.25) is 5.75 Å². The predicted octanol–water partition coefficient (Wildman–Crippen LogP) is 1.02. The highest BCUT2D eigenvalue weighted by molar-refractivity contribution is 6.17. The van der Waals surface area contributed by atoms with Gasteiger partial charge >= 0.3 is 11.9 Å². The van der Waals surface area contributed by atoms with Crippen molar-refractivity contribution in [3.63, 3.8) is 0 Å². The van der Waals surface area contributed by atoms with Crippen molar-refractivity contribution in [1.29, 1.82) is 0 Å². The minimum Gasteiger partial charge on any atom is -0.493 e. The molecule has 2 rings (SSSR count). The van der Waals surface area contributed by atoms with Crippen LogP contribution >= 0.6 is 0 Å². The average Bonchev–Trinajstić information content (AvgIpc) is 2.62. The van der Waals surface area contributed by atoms with Crippen LogP contribution in [0.1, 0.15) is 20.7 Å². The van der Waals surface area contributed by atoms with Gasteiger partial charge in [0.05, 0.1) is 26.9 Å². The lowest BCUT2D eigenvalue weighted by Crippen LogP contribution is -2.02. The van der Waals surface area contributed by atoms with Gasteiger partial charge in [-0.15, -0.1) is 0 Å². The number of carbonyl (C=O) groups excluding carboxylic acids is 2. The van der Waals surface area contributed by atoms with E-state index < -0.39 is 11.9 Å². The summed E-state index contributed by atoms with van der Waals surface area (Å²) in [6.45, 7) is 0. The highest BCUT2D eigenvalue weighted by Gasteiger charge is 2.37. The molecule has 0 unspecified atom stereocenters. The molecular weight excluding hydrogens is 228 g/mol. The molecule has 0 fully saturated rings. The smallest absolute Gasteiger partial charge is 0.350 e. The molecule has 1 aliphatic heterocycles. The second-order valence-corrected chi connectivity index (χ2v) is 3.24. The number of esters is 2. The number of methoxy groups -OCH3 is 3. The molecule has 1 aliphatic rings. The Morgan fingerprint density at radius 2 is 1.59 bits per heavy atom. The van der Waals surface area contributed by atoms with Crippen molar-refractivity contribution in [1.82, 2.24) is 0 Å². The third kappa shape index (κ3) is 1.49. The van der Waals surface area contributed by atoms with Gasteiger partial charge in [-0.25, -0.2) is 9.59 Å². The SMILES string of the molecule is COc1cc2c(c(OC)c1OC)C(=O)OC2=O. The summed E-state index contributed by atoms with van der Waals surface area (Å²) in [6, 6.07) is 1.39. The van der Waals surface area contributed by atoms with E-state index in [2.05, 4.69) is 4.74 Å². The van der Waals surface area contributed by atoms with Crippen LogP contribution in [-0.2, 0) is 4.74 Å². The van der Waals surface area contributed by atoms with Crippen molar-refractivity contribution in [2.45, 2.75) is 0 Å². The molecule has 1 aromatic rings. The maximum Gasteiger partial charge on any atom is 0.350 e. The Morgan fingerprint density at radius 3 is 2.12 bits per heavy atom. The van der Waals surface area contributed by atoms with E-state index in [-0.39, 0.29) is 22.6 Å². The molecule has 17 heavy (non-hydrogen) atoms. The van der Waals surface area contributed by atoms with Gasteiger partial charge in [-0.2, -0.15) is 0 Å². The lowest BCUT2D eigenvalue weighted by Gasteiger charge is -2.13. The van der Waals surface area contributed by atoms with Crippen LogP contribution in [0.5, 0.6) is 17.2 Å². The normalized spacial score (nSPS) is 13.1. The highest BCUT2D eigenvalue weighted by atomic mass is 16.6. The Kier molecular flexibility index (Phi) is 2.63. The topological polar surface area (TPSA) is 71.1 Å². The van der Waals surface area contributed by atoms with E-state index in [9.17, 15) is 9.59 Å². The summed E-state index contributed by atoms with van der Waals surface area (Å²) in [5.74, 6) is -0.778. The van der Waals surface area contributed by atoms with Gasteiger partial charge in [0.15, 0.2) is 11.5 Å².